The van der Waals surface area contributed by atoms with E-state index in [-0.39, 0.29) is 12.5 Å². The number of carboxylic acid groups (broad SMARTS) is 1. The molecule has 0 spiro atoms. The molecule has 4 N–H and O–H groups in total. The van der Waals surface area contributed by atoms with Gasteiger partial charge in [-0.2, -0.15) is 0 Å². The lowest BCUT2D eigenvalue weighted by Gasteiger charge is -2.33. The summed E-state index contributed by atoms with van der Waals surface area (Å²) in [5.41, 5.74) is 2.73. The summed E-state index contributed by atoms with van der Waals surface area (Å²) in [5, 5.41) is 24.0. The predicted molar refractivity (Wildman–Crippen MR) is 125 cm³/mol. The number of hydrogen-bond acceptors (Lipinski definition) is 5. The van der Waals surface area contributed by atoms with E-state index in [0.29, 0.717) is 12.8 Å². The van der Waals surface area contributed by atoms with E-state index in [2.05, 4.69) is 22.8 Å². The van der Waals surface area contributed by atoms with E-state index < -0.39 is 42.1 Å². The van der Waals surface area contributed by atoms with Gasteiger partial charge >= 0.3 is 12.1 Å². The molecule has 2 aliphatic rings. The van der Waals surface area contributed by atoms with Crippen LogP contribution in [0.1, 0.15) is 49.7 Å². The standard InChI is InChI=1S/C26H30N2O6/c1-26(15-29,24(31)32)28-23(30)20-12-6-7-13-22(20)27-25(33)34-14-21-18-10-4-2-8-16(18)17-9-3-5-11-19(17)21/h2-5,8-11,20-22,29H,6-7,12-15H2,1H3,(H,27,33)(H,28,30)(H,31,32). The second-order valence-electron chi connectivity index (χ2n) is 9.25. The van der Waals surface area contributed by atoms with Crippen molar-refractivity contribution in [1.29, 1.82) is 0 Å². The molecule has 3 unspecified atom stereocenters. The lowest BCUT2D eigenvalue weighted by atomic mass is 9.83. The fourth-order valence-electron chi connectivity index (χ4n) is 4.93. The average Bonchev–Trinajstić information content (AvgIpc) is 3.16. The normalized spacial score (nSPS) is 21.0. The zero-order chi connectivity index (χ0) is 24.3. The van der Waals surface area contributed by atoms with Crippen LogP contribution in [0, 0.1) is 5.92 Å². The Hall–Kier alpha value is -3.39. The largest absolute Gasteiger partial charge is 0.479 e. The van der Waals surface area contributed by atoms with Gasteiger partial charge in [-0.3, -0.25) is 4.79 Å². The number of alkyl carbamates (subject to hydrolysis) is 1. The van der Waals surface area contributed by atoms with Crippen molar-refractivity contribution in [3.8, 4) is 11.1 Å². The number of aliphatic hydroxyl groups is 1. The topological polar surface area (TPSA) is 125 Å². The number of nitrogens with one attached hydrogen (secondary N) is 2. The molecule has 0 bridgehead atoms. The Bertz CT molecular complexity index is 1040. The highest BCUT2D eigenvalue weighted by Crippen LogP contribution is 2.44. The highest BCUT2D eigenvalue weighted by molar-refractivity contribution is 5.88. The SMILES string of the molecule is CC(CO)(NC(=O)C1CCCCC1NC(=O)OCC1c2ccccc2-c2ccccc21)C(=O)O. The number of aliphatic carboxylic acids is 1. The van der Waals surface area contributed by atoms with Crippen LogP contribution in [0.2, 0.25) is 0 Å². The molecule has 2 aliphatic carbocycles. The first-order valence-electron chi connectivity index (χ1n) is 11.6. The molecule has 8 heteroatoms. The molecule has 4 rings (SSSR count). The molecule has 2 aromatic rings. The Morgan fingerprint density at radius 1 is 1.00 bits per heavy atom. The van der Waals surface area contributed by atoms with Crippen molar-refractivity contribution in [3.05, 3.63) is 59.7 Å². The number of rotatable bonds is 7. The van der Waals surface area contributed by atoms with Crippen LogP contribution < -0.4 is 10.6 Å². The van der Waals surface area contributed by atoms with Crippen molar-refractivity contribution < 1.29 is 29.3 Å². The van der Waals surface area contributed by atoms with Crippen molar-refractivity contribution in [2.75, 3.05) is 13.2 Å². The Kier molecular flexibility index (Phi) is 6.88. The molecule has 180 valence electrons. The van der Waals surface area contributed by atoms with Gasteiger partial charge in [0, 0.05) is 12.0 Å². The first kappa shape index (κ1) is 23.8. The van der Waals surface area contributed by atoms with Crippen LogP contribution in [0.15, 0.2) is 48.5 Å². The second kappa shape index (κ2) is 9.85. The molecule has 0 aliphatic heterocycles. The Morgan fingerprint density at radius 3 is 2.18 bits per heavy atom. The average molecular weight is 467 g/mol. The summed E-state index contributed by atoms with van der Waals surface area (Å²) in [5.74, 6) is -2.48. The molecular formula is C26H30N2O6. The van der Waals surface area contributed by atoms with Crippen molar-refractivity contribution in [2.24, 2.45) is 5.92 Å². The molecular weight excluding hydrogens is 436 g/mol. The number of carboxylic acids is 1. The van der Waals surface area contributed by atoms with Gasteiger partial charge in [0.05, 0.1) is 12.5 Å². The van der Waals surface area contributed by atoms with Gasteiger partial charge in [-0.15, -0.1) is 0 Å². The van der Waals surface area contributed by atoms with Crippen molar-refractivity contribution in [3.63, 3.8) is 0 Å². The van der Waals surface area contributed by atoms with E-state index in [9.17, 15) is 24.6 Å². The third-order valence-electron chi connectivity index (χ3n) is 6.94. The maximum Gasteiger partial charge on any atom is 0.407 e. The van der Waals surface area contributed by atoms with Gasteiger partial charge in [0.25, 0.3) is 0 Å². The quantitative estimate of drug-likeness (QED) is 0.497. The van der Waals surface area contributed by atoms with Gasteiger partial charge in [-0.25, -0.2) is 9.59 Å². The summed E-state index contributed by atoms with van der Waals surface area (Å²) in [6, 6.07) is 15.7. The molecule has 0 heterocycles. The lowest BCUT2D eigenvalue weighted by Crippen LogP contribution is -2.59. The van der Waals surface area contributed by atoms with Gasteiger partial charge < -0.3 is 25.6 Å². The molecule has 0 saturated heterocycles. The number of amides is 2. The number of aliphatic hydroxyl groups excluding tert-OH is 1. The molecule has 2 aromatic carbocycles. The van der Waals surface area contributed by atoms with Gasteiger partial charge in [0.15, 0.2) is 5.54 Å². The minimum absolute atomic E-state index is 0.0653. The van der Waals surface area contributed by atoms with Crippen LogP contribution in [-0.2, 0) is 14.3 Å². The van der Waals surface area contributed by atoms with Gasteiger partial charge in [-0.05, 0) is 42.0 Å². The van der Waals surface area contributed by atoms with Crippen LogP contribution in [-0.4, -0.2) is 53.0 Å². The first-order valence-corrected chi connectivity index (χ1v) is 11.6. The Balaban J connectivity index is 1.40. The number of carbonyl (C=O) groups excluding carboxylic acids is 2. The summed E-state index contributed by atoms with van der Waals surface area (Å²) in [7, 11) is 0. The molecule has 0 aromatic heterocycles. The minimum Gasteiger partial charge on any atom is -0.479 e. The monoisotopic (exact) mass is 466 g/mol. The number of ether oxygens (including phenoxy) is 1. The molecule has 8 nitrogen and oxygen atoms in total. The number of fused-ring (bicyclic) bond motifs is 3. The van der Waals surface area contributed by atoms with E-state index in [0.717, 1.165) is 35.1 Å². The molecule has 3 atom stereocenters. The zero-order valence-corrected chi connectivity index (χ0v) is 19.1. The van der Waals surface area contributed by atoms with E-state index in [4.69, 9.17) is 4.74 Å². The number of carbonyl (C=O) groups is 3. The fraction of sp³-hybridized carbons (Fsp3) is 0.423. The molecule has 0 radical (unpaired) electrons. The van der Waals surface area contributed by atoms with E-state index in [1.54, 1.807) is 0 Å². The summed E-state index contributed by atoms with van der Waals surface area (Å²) >= 11 is 0. The van der Waals surface area contributed by atoms with Crippen LogP contribution in [0.5, 0.6) is 0 Å². The summed E-state index contributed by atoms with van der Waals surface area (Å²) in [6.45, 7) is 0.695. The van der Waals surface area contributed by atoms with E-state index >= 15 is 0 Å². The first-order chi connectivity index (χ1) is 16.3. The molecule has 34 heavy (non-hydrogen) atoms. The van der Waals surface area contributed by atoms with Crippen molar-refractivity contribution in [1.82, 2.24) is 10.6 Å². The lowest BCUT2D eigenvalue weighted by molar-refractivity contribution is -0.149. The van der Waals surface area contributed by atoms with Gasteiger partial charge in [-0.1, -0.05) is 61.4 Å². The minimum atomic E-state index is -1.77. The third kappa shape index (κ3) is 4.63. The van der Waals surface area contributed by atoms with Crippen LogP contribution in [0.25, 0.3) is 11.1 Å². The van der Waals surface area contributed by atoms with Gasteiger partial charge in [0.1, 0.15) is 6.61 Å². The van der Waals surface area contributed by atoms with Crippen molar-refractivity contribution in [2.45, 2.75) is 50.1 Å². The smallest absolute Gasteiger partial charge is 0.407 e. The maximum absolute atomic E-state index is 12.8. The second-order valence-corrected chi connectivity index (χ2v) is 9.25. The summed E-state index contributed by atoms with van der Waals surface area (Å²) in [6.07, 6.45) is 2.14. The van der Waals surface area contributed by atoms with Crippen LogP contribution >= 0.6 is 0 Å². The highest BCUT2D eigenvalue weighted by Gasteiger charge is 2.39. The Morgan fingerprint density at radius 2 is 1.59 bits per heavy atom. The van der Waals surface area contributed by atoms with Crippen LogP contribution in [0.4, 0.5) is 4.79 Å². The van der Waals surface area contributed by atoms with E-state index in [1.807, 2.05) is 36.4 Å². The fourth-order valence-corrected chi connectivity index (χ4v) is 4.93. The zero-order valence-electron chi connectivity index (χ0n) is 19.1. The van der Waals surface area contributed by atoms with Crippen molar-refractivity contribution >= 4 is 18.0 Å². The molecule has 1 saturated carbocycles. The maximum atomic E-state index is 12.8. The highest BCUT2D eigenvalue weighted by atomic mass is 16.5. The summed E-state index contributed by atoms with van der Waals surface area (Å²) < 4.78 is 5.61. The Labute approximate surface area is 198 Å². The third-order valence-corrected chi connectivity index (χ3v) is 6.94. The van der Waals surface area contributed by atoms with E-state index in [1.165, 1.54) is 6.92 Å². The predicted octanol–water partition coefficient (Wildman–Crippen LogP) is 3.04. The van der Waals surface area contributed by atoms with Gasteiger partial charge in [0.2, 0.25) is 5.91 Å². The number of hydrogen-bond donors (Lipinski definition) is 4. The number of benzene rings is 2. The molecule has 1 fully saturated rings. The summed E-state index contributed by atoms with van der Waals surface area (Å²) in [4.78, 5) is 37.0. The van der Waals surface area contributed by atoms with Crippen LogP contribution in [0.3, 0.4) is 0 Å². The molecule has 2 amide bonds.